The third kappa shape index (κ3) is 4.39. The van der Waals surface area contributed by atoms with E-state index in [0.29, 0.717) is 6.61 Å². The second kappa shape index (κ2) is 10.1. The van der Waals surface area contributed by atoms with Gasteiger partial charge in [-0.2, -0.15) is 0 Å². The van der Waals surface area contributed by atoms with E-state index in [1.807, 2.05) is 57.6 Å². The highest BCUT2D eigenvalue weighted by Crippen LogP contribution is 2.46. The van der Waals surface area contributed by atoms with Gasteiger partial charge in [-0.1, -0.05) is 97.1 Å². The molecule has 0 spiro atoms. The van der Waals surface area contributed by atoms with Gasteiger partial charge in [0.25, 0.3) is 0 Å². The van der Waals surface area contributed by atoms with Crippen molar-refractivity contribution in [3.8, 4) is 0 Å². The van der Waals surface area contributed by atoms with Crippen molar-refractivity contribution in [2.45, 2.75) is 50.4 Å². The molecule has 6 heteroatoms. The Morgan fingerprint density at radius 1 is 0.805 bits per heavy atom. The Morgan fingerprint density at radius 3 is 1.98 bits per heavy atom. The van der Waals surface area contributed by atoms with Gasteiger partial charge in [0.1, 0.15) is 23.3 Å². The molecule has 1 saturated heterocycles. The zero-order chi connectivity index (χ0) is 28.0. The maximum atomic E-state index is 7.18. The molecule has 1 aliphatic heterocycles. The lowest BCUT2D eigenvalue weighted by molar-refractivity contribution is -0.148. The number of nitrogens with zero attached hydrogens (tertiary/aromatic N) is 3. The molecule has 6 nitrogen and oxygen atoms in total. The van der Waals surface area contributed by atoms with Gasteiger partial charge in [-0.3, -0.25) is 4.98 Å². The third-order valence-electron chi connectivity index (χ3n) is 8.21. The first kappa shape index (κ1) is 25.8. The van der Waals surface area contributed by atoms with E-state index in [2.05, 4.69) is 93.4 Å². The first-order chi connectivity index (χ1) is 20.0. The molecule has 0 N–H and O–H groups in total. The summed E-state index contributed by atoms with van der Waals surface area (Å²) < 4.78 is 22.4. The largest absolute Gasteiger partial charge is 0.356 e. The van der Waals surface area contributed by atoms with Crippen molar-refractivity contribution in [3.05, 3.63) is 144 Å². The monoisotopic (exact) mass is 543 g/mol. The van der Waals surface area contributed by atoms with Crippen LogP contribution >= 0.6 is 0 Å². The second-order valence-electron chi connectivity index (χ2n) is 11.2. The highest BCUT2D eigenvalue weighted by atomic mass is 16.8. The summed E-state index contributed by atoms with van der Waals surface area (Å²) in [6, 6.07) is 33.3. The van der Waals surface area contributed by atoms with Gasteiger partial charge in [0.15, 0.2) is 5.79 Å². The van der Waals surface area contributed by atoms with E-state index in [1.54, 1.807) is 0 Å². The summed E-state index contributed by atoms with van der Waals surface area (Å²) in [5.74, 6) is -0.712. The van der Waals surface area contributed by atoms with E-state index in [1.165, 1.54) is 0 Å². The number of rotatable bonds is 7. The van der Waals surface area contributed by atoms with Crippen LogP contribution in [-0.2, 0) is 19.8 Å². The maximum absolute atomic E-state index is 7.18. The third-order valence-corrected chi connectivity index (χ3v) is 8.21. The molecule has 41 heavy (non-hydrogen) atoms. The summed E-state index contributed by atoms with van der Waals surface area (Å²) in [5, 5.41) is 0. The van der Waals surface area contributed by atoms with E-state index >= 15 is 0 Å². The normalized spacial score (nSPS) is 21.6. The van der Waals surface area contributed by atoms with E-state index in [0.717, 1.165) is 39.0 Å². The minimum atomic E-state index is -0.822. The lowest BCUT2D eigenvalue weighted by atomic mass is 9.80. The van der Waals surface area contributed by atoms with E-state index in [-0.39, 0.29) is 18.2 Å². The average molecular weight is 544 g/mol. The summed E-state index contributed by atoms with van der Waals surface area (Å²) in [4.78, 5) is 9.11. The van der Waals surface area contributed by atoms with Crippen LogP contribution in [-0.4, -0.2) is 39.1 Å². The van der Waals surface area contributed by atoms with Crippen LogP contribution in [0, 0.1) is 6.92 Å². The number of aryl methyl sites for hydroxylation is 1. The molecule has 1 fully saturated rings. The summed E-state index contributed by atoms with van der Waals surface area (Å²) >= 11 is 0. The van der Waals surface area contributed by atoms with Crippen LogP contribution in [0.2, 0.25) is 0 Å². The molecule has 3 aromatic carbocycles. The predicted molar refractivity (Wildman–Crippen MR) is 158 cm³/mol. The fraction of sp³-hybridized carbons (Fsp3) is 0.257. The van der Waals surface area contributed by atoms with Crippen molar-refractivity contribution in [1.29, 1.82) is 0 Å². The maximum Gasteiger partial charge on any atom is 0.164 e. The number of hydrogen-bond acceptors (Lipinski definition) is 5. The Hall–Kier alpha value is -4.10. The van der Waals surface area contributed by atoms with Gasteiger partial charge in [0.05, 0.1) is 30.2 Å². The van der Waals surface area contributed by atoms with E-state index < -0.39 is 11.4 Å². The summed E-state index contributed by atoms with van der Waals surface area (Å²) in [6.45, 7) is 6.30. The first-order valence-corrected chi connectivity index (χ1v) is 14.1. The van der Waals surface area contributed by atoms with Crippen molar-refractivity contribution in [2.24, 2.45) is 0 Å². The van der Waals surface area contributed by atoms with Crippen LogP contribution in [0.4, 0.5) is 0 Å². The quantitative estimate of drug-likeness (QED) is 0.168. The number of imidazole rings is 1. The molecule has 0 saturated carbocycles. The van der Waals surface area contributed by atoms with Gasteiger partial charge in [-0.25, -0.2) is 4.98 Å². The van der Waals surface area contributed by atoms with Gasteiger partial charge in [-0.15, -0.1) is 0 Å². The van der Waals surface area contributed by atoms with E-state index in [4.69, 9.17) is 14.2 Å². The fourth-order valence-electron chi connectivity index (χ4n) is 6.40. The molecule has 5 aromatic rings. The van der Waals surface area contributed by atoms with E-state index in [9.17, 15) is 0 Å². The molecular formula is C35H33N3O3. The number of fused-ring (bicyclic) bond motifs is 2. The molecule has 2 aliphatic rings. The molecule has 7 rings (SSSR count). The minimum absolute atomic E-state index is 0.0910. The SMILES string of the molecule is Cc1nccc2c1ncn2[C@@H]1C=C(COC(c2ccccc2)(c2ccccc2)c2ccccc2)[C@H]2OC(C)(C)O[C@H]21. The zero-order valence-electron chi connectivity index (χ0n) is 23.5. The van der Waals surface area contributed by atoms with Crippen LogP contribution in [0.15, 0.2) is 121 Å². The number of pyridine rings is 1. The fourth-order valence-corrected chi connectivity index (χ4v) is 6.40. The van der Waals surface area contributed by atoms with Crippen molar-refractivity contribution in [2.75, 3.05) is 6.61 Å². The molecule has 3 heterocycles. The number of benzene rings is 3. The van der Waals surface area contributed by atoms with Crippen LogP contribution in [0.25, 0.3) is 11.0 Å². The topological polar surface area (TPSA) is 58.4 Å². The highest BCUT2D eigenvalue weighted by molar-refractivity contribution is 5.77. The van der Waals surface area contributed by atoms with Gasteiger partial charge >= 0.3 is 0 Å². The van der Waals surface area contributed by atoms with Gasteiger partial charge in [-0.05, 0) is 49.1 Å². The molecule has 1 aliphatic carbocycles. The van der Waals surface area contributed by atoms with Crippen molar-refractivity contribution in [3.63, 3.8) is 0 Å². The highest BCUT2D eigenvalue weighted by Gasteiger charge is 2.51. The molecule has 3 atom stereocenters. The number of aromatic nitrogens is 3. The van der Waals surface area contributed by atoms with Gasteiger partial charge in [0.2, 0.25) is 0 Å². The van der Waals surface area contributed by atoms with Gasteiger partial charge in [0, 0.05) is 6.20 Å². The molecule has 0 amide bonds. The molecular weight excluding hydrogens is 510 g/mol. The first-order valence-electron chi connectivity index (χ1n) is 14.1. The van der Waals surface area contributed by atoms with Crippen molar-refractivity contribution in [1.82, 2.24) is 14.5 Å². The number of ether oxygens (including phenoxy) is 3. The van der Waals surface area contributed by atoms with Crippen LogP contribution < -0.4 is 0 Å². The van der Waals surface area contributed by atoms with Crippen LogP contribution in [0.3, 0.4) is 0 Å². The molecule has 2 aromatic heterocycles. The van der Waals surface area contributed by atoms with Crippen molar-refractivity contribution >= 4 is 11.0 Å². The minimum Gasteiger partial charge on any atom is -0.356 e. The number of hydrogen-bond donors (Lipinski definition) is 0. The summed E-state index contributed by atoms with van der Waals surface area (Å²) in [6.07, 6.45) is 5.52. The second-order valence-corrected chi connectivity index (χ2v) is 11.2. The predicted octanol–water partition coefficient (Wildman–Crippen LogP) is 6.75. The Bertz CT molecular complexity index is 1600. The Labute approximate surface area is 240 Å². The lowest BCUT2D eigenvalue weighted by Gasteiger charge is -2.36. The van der Waals surface area contributed by atoms with Crippen LogP contribution in [0.5, 0.6) is 0 Å². The Kier molecular flexibility index (Phi) is 6.35. The molecule has 206 valence electrons. The average Bonchev–Trinajstić information content (AvgIpc) is 3.67. The van der Waals surface area contributed by atoms with Crippen LogP contribution in [0.1, 0.15) is 42.3 Å². The Morgan fingerprint density at radius 2 is 1.39 bits per heavy atom. The standard InChI is InChI=1S/C35H33N3O3/c1-24-31-29(19-20-36-24)38(23-37-31)30-21-25(32-33(30)41-34(2,3)40-32)22-39-35(26-13-7-4-8-14-26,27-15-9-5-10-16-27)28-17-11-6-12-18-28/h4-21,23,30,32-33H,22H2,1-3H3/t30-,32-,33+/m1/s1. The zero-order valence-corrected chi connectivity index (χ0v) is 23.5. The summed E-state index contributed by atoms with van der Waals surface area (Å²) in [5.41, 5.74) is 6.27. The molecule has 0 bridgehead atoms. The summed E-state index contributed by atoms with van der Waals surface area (Å²) in [7, 11) is 0. The van der Waals surface area contributed by atoms with Crippen molar-refractivity contribution < 1.29 is 14.2 Å². The molecule has 0 radical (unpaired) electrons. The van der Waals surface area contributed by atoms with Gasteiger partial charge < -0.3 is 18.8 Å². The molecule has 0 unspecified atom stereocenters. The lowest BCUT2D eigenvalue weighted by Crippen LogP contribution is -2.35. The Balaban J connectivity index is 1.33. The smallest absolute Gasteiger partial charge is 0.164 e.